The van der Waals surface area contributed by atoms with Crippen molar-refractivity contribution in [2.75, 3.05) is 56.7 Å². The fraction of sp³-hybridized carbons (Fsp3) is 0.259. The summed E-state index contributed by atoms with van der Waals surface area (Å²) in [5, 5.41) is 13.5. The quantitative estimate of drug-likeness (QED) is 0.433. The number of ether oxygens (including phenoxy) is 1. The first-order valence-corrected chi connectivity index (χ1v) is 11.6. The van der Waals surface area contributed by atoms with Crippen molar-refractivity contribution in [3.05, 3.63) is 72.9 Å². The van der Waals surface area contributed by atoms with Gasteiger partial charge < -0.3 is 20.1 Å². The van der Waals surface area contributed by atoms with E-state index in [4.69, 9.17) is 14.8 Å². The minimum atomic E-state index is 0.214. The van der Waals surface area contributed by atoms with Crippen LogP contribution in [-0.4, -0.2) is 66.4 Å². The molecule has 1 saturated heterocycles. The normalized spacial score (nSPS) is 14.4. The Hall–Kier alpha value is -3.68. The Balaban J connectivity index is 1.37. The van der Waals surface area contributed by atoms with Gasteiger partial charge in [-0.1, -0.05) is 36.4 Å². The predicted octanol–water partition coefficient (Wildman–Crippen LogP) is 4.16. The molecule has 1 aromatic heterocycles. The number of para-hydroxylation sites is 1. The molecule has 3 aromatic carbocycles. The van der Waals surface area contributed by atoms with Crippen LogP contribution in [0.3, 0.4) is 0 Å². The van der Waals surface area contributed by atoms with Crippen molar-refractivity contribution in [2.24, 2.45) is 0 Å². The van der Waals surface area contributed by atoms with Crippen molar-refractivity contribution in [1.82, 2.24) is 14.9 Å². The summed E-state index contributed by atoms with van der Waals surface area (Å²) in [6.45, 7) is 4.77. The van der Waals surface area contributed by atoms with E-state index >= 15 is 0 Å². The summed E-state index contributed by atoms with van der Waals surface area (Å²) < 4.78 is 5.30. The van der Waals surface area contributed by atoms with Crippen LogP contribution in [0.1, 0.15) is 0 Å². The number of hydrogen-bond acceptors (Lipinski definition) is 7. The number of piperazine rings is 1. The number of anilines is 3. The lowest BCUT2D eigenvalue weighted by Crippen LogP contribution is -2.47. The fourth-order valence-corrected chi connectivity index (χ4v) is 4.40. The molecule has 0 bridgehead atoms. The summed E-state index contributed by atoms with van der Waals surface area (Å²) >= 11 is 0. The smallest absolute Gasteiger partial charge is 0.227 e. The molecule has 0 atom stereocenters. The third-order valence-corrected chi connectivity index (χ3v) is 6.27. The van der Waals surface area contributed by atoms with E-state index in [0.29, 0.717) is 5.95 Å². The van der Waals surface area contributed by atoms with Crippen LogP contribution in [0.25, 0.3) is 22.0 Å². The van der Waals surface area contributed by atoms with Crippen molar-refractivity contribution >= 4 is 28.2 Å². The lowest BCUT2D eigenvalue weighted by atomic mass is 10.0. The standard InChI is InChI=1S/C27H29N5O2/c1-34-24-10-8-20(9-11-24)25-7-2-4-21-19-28-27(30-26(21)25)29-22-5-3-6-23(18-22)32-14-12-31(13-15-32)16-17-33/h2-11,18-19,33H,12-17H2,1H3,(H,28,29,30). The molecule has 34 heavy (non-hydrogen) atoms. The van der Waals surface area contributed by atoms with Gasteiger partial charge in [-0.3, -0.25) is 4.90 Å². The molecule has 1 aliphatic heterocycles. The number of β-amino-alcohol motifs (C(OH)–C–C–N with tert-alkyl or cyclic N) is 1. The van der Waals surface area contributed by atoms with Gasteiger partial charge >= 0.3 is 0 Å². The zero-order valence-electron chi connectivity index (χ0n) is 19.3. The number of aliphatic hydroxyl groups excluding tert-OH is 1. The number of benzene rings is 3. The van der Waals surface area contributed by atoms with Gasteiger partial charge in [0.1, 0.15) is 5.75 Å². The lowest BCUT2D eigenvalue weighted by Gasteiger charge is -2.35. The molecule has 0 amide bonds. The number of aliphatic hydroxyl groups is 1. The van der Waals surface area contributed by atoms with Gasteiger partial charge in [-0.05, 0) is 35.9 Å². The number of methoxy groups -OCH3 is 1. The van der Waals surface area contributed by atoms with Gasteiger partial charge in [0.2, 0.25) is 5.95 Å². The average Bonchev–Trinajstić information content (AvgIpc) is 2.89. The molecular formula is C27H29N5O2. The van der Waals surface area contributed by atoms with Crippen molar-refractivity contribution in [3.8, 4) is 16.9 Å². The van der Waals surface area contributed by atoms with Crippen LogP contribution >= 0.6 is 0 Å². The van der Waals surface area contributed by atoms with Crippen LogP contribution in [0.4, 0.5) is 17.3 Å². The van der Waals surface area contributed by atoms with Crippen LogP contribution in [0.15, 0.2) is 72.9 Å². The first kappa shape index (κ1) is 22.1. The van der Waals surface area contributed by atoms with E-state index in [9.17, 15) is 0 Å². The maximum absolute atomic E-state index is 9.17. The Kier molecular flexibility index (Phi) is 6.56. The Morgan fingerprint density at radius 1 is 0.971 bits per heavy atom. The summed E-state index contributed by atoms with van der Waals surface area (Å²) in [6, 6.07) is 22.5. The average molecular weight is 456 g/mol. The second kappa shape index (κ2) is 10.1. The largest absolute Gasteiger partial charge is 0.497 e. The molecule has 1 aliphatic rings. The molecule has 0 radical (unpaired) electrons. The van der Waals surface area contributed by atoms with Gasteiger partial charge in [0, 0.05) is 61.2 Å². The molecule has 7 nitrogen and oxygen atoms in total. The number of aromatic nitrogens is 2. The molecule has 4 aromatic rings. The van der Waals surface area contributed by atoms with E-state index in [2.05, 4.69) is 44.4 Å². The van der Waals surface area contributed by atoms with Gasteiger partial charge in [-0.2, -0.15) is 0 Å². The van der Waals surface area contributed by atoms with Gasteiger partial charge in [0.15, 0.2) is 0 Å². The third kappa shape index (κ3) is 4.81. The van der Waals surface area contributed by atoms with Crippen LogP contribution in [0, 0.1) is 0 Å². The molecule has 1 fully saturated rings. The van der Waals surface area contributed by atoms with Crippen molar-refractivity contribution in [3.63, 3.8) is 0 Å². The summed E-state index contributed by atoms with van der Waals surface area (Å²) in [5.74, 6) is 1.40. The molecule has 0 saturated carbocycles. The second-order valence-corrected chi connectivity index (χ2v) is 8.39. The fourth-order valence-electron chi connectivity index (χ4n) is 4.40. The molecule has 2 heterocycles. The number of hydrogen-bond donors (Lipinski definition) is 2. The van der Waals surface area contributed by atoms with E-state index in [1.165, 1.54) is 5.69 Å². The minimum absolute atomic E-state index is 0.214. The van der Waals surface area contributed by atoms with Crippen molar-refractivity contribution < 1.29 is 9.84 Å². The number of nitrogens with one attached hydrogen (secondary N) is 1. The van der Waals surface area contributed by atoms with Crippen molar-refractivity contribution in [1.29, 1.82) is 0 Å². The van der Waals surface area contributed by atoms with E-state index in [1.807, 2.05) is 48.7 Å². The van der Waals surface area contributed by atoms with Gasteiger partial charge in [0.25, 0.3) is 0 Å². The summed E-state index contributed by atoms with van der Waals surface area (Å²) in [7, 11) is 1.67. The first-order valence-electron chi connectivity index (χ1n) is 11.6. The lowest BCUT2D eigenvalue weighted by molar-refractivity contribution is 0.189. The van der Waals surface area contributed by atoms with Crippen LogP contribution < -0.4 is 15.0 Å². The Bertz CT molecular complexity index is 1250. The van der Waals surface area contributed by atoms with Crippen LogP contribution in [0.5, 0.6) is 5.75 Å². The highest BCUT2D eigenvalue weighted by Gasteiger charge is 2.17. The van der Waals surface area contributed by atoms with Crippen molar-refractivity contribution in [2.45, 2.75) is 0 Å². The third-order valence-electron chi connectivity index (χ3n) is 6.27. The van der Waals surface area contributed by atoms with E-state index in [-0.39, 0.29) is 6.61 Å². The zero-order chi connectivity index (χ0) is 23.3. The van der Waals surface area contributed by atoms with Gasteiger partial charge in [0.05, 0.1) is 19.2 Å². The molecule has 7 heteroatoms. The minimum Gasteiger partial charge on any atom is -0.497 e. The monoisotopic (exact) mass is 455 g/mol. The molecule has 0 unspecified atom stereocenters. The number of nitrogens with zero attached hydrogens (tertiary/aromatic N) is 4. The van der Waals surface area contributed by atoms with E-state index in [1.54, 1.807) is 7.11 Å². The summed E-state index contributed by atoms with van der Waals surface area (Å²) in [4.78, 5) is 14.1. The van der Waals surface area contributed by atoms with E-state index < -0.39 is 0 Å². The summed E-state index contributed by atoms with van der Waals surface area (Å²) in [6.07, 6.45) is 1.86. The number of rotatable bonds is 7. The Labute approximate surface area is 199 Å². The highest BCUT2D eigenvalue weighted by Crippen LogP contribution is 2.30. The molecule has 174 valence electrons. The Morgan fingerprint density at radius 2 is 1.76 bits per heavy atom. The molecule has 0 spiro atoms. The topological polar surface area (TPSA) is 73.8 Å². The predicted molar refractivity (Wildman–Crippen MR) is 137 cm³/mol. The highest BCUT2D eigenvalue weighted by molar-refractivity contribution is 5.94. The van der Waals surface area contributed by atoms with Crippen LogP contribution in [0.2, 0.25) is 0 Å². The van der Waals surface area contributed by atoms with Gasteiger partial charge in [-0.25, -0.2) is 9.97 Å². The maximum Gasteiger partial charge on any atom is 0.227 e. The molecule has 2 N–H and O–H groups in total. The SMILES string of the molecule is COc1ccc(-c2cccc3cnc(Nc4cccc(N5CCN(CCO)CC5)c4)nc23)cc1. The second-order valence-electron chi connectivity index (χ2n) is 8.39. The molecular weight excluding hydrogens is 426 g/mol. The Morgan fingerprint density at radius 3 is 2.53 bits per heavy atom. The maximum atomic E-state index is 9.17. The van der Waals surface area contributed by atoms with Gasteiger partial charge in [-0.15, -0.1) is 0 Å². The zero-order valence-corrected chi connectivity index (χ0v) is 19.3. The van der Waals surface area contributed by atoms with E-state index in [0.717, 1.165) is 66.2 Å². The van der Waals surface area contributed by atoms with Crippen LogP contribution in [-0.2, 0) is 0 Å². The summed E-state index contributed by atoms with van der Waals surface area (Å²) in [5.41, 5.74) is 5.17. The molecule has 0 aliphatic carbocycles. The highest BCUT2D eigenvalue weighted by atomic mass is 16.5. The molecule has 5 rings (SSSR count). The first-order chi connectivity index (χ1) is 16.7. The number of fused-ring (bicyclic) bond motifs is 1.